The molecule has 0 aromatic rings. The largest absolute Gasteiger partial charge is 0.321 e. The molecule has 0 amide bonds. The van der Waals surface area contributed by atoms with Gasteiger partial charge in [0.15, 0.2) is 0 Å². The van der Waals surface area contributed by atoms with Crippen molar-refractivity contribution in [3.63, 3.8) is 0 Å². The highest BCUT2D eigenvalue weighted by atomic mass is 14.7. The first-order chi connectivity index (χ1) is 4.56. The average molecular weight is 139 g/mol. The van der Waals surface area contributed by atoms with Gasteiger partial charge >= 0.3 is 0 Å². The minimum absolute atomic E-state index is 0.220. The molecule has 0 aliphatic carbocycles. The van der Waals surface area contributed by atoms with Gasteiger partial charge in [-0.3, -0.25) is 0 Å². The molecule has 0 aliphatic heterocycles. The predicted molar refractivity (Wildman–Crippen MR) is 46.8 cm³/mol. The normalized spacial score (nSPS) is 15.9. The lowest BCUT2D eigenvalue weighted by Crippen LogP contribution is -2.39. The molecule has 0 saturated carbocycles. The van der Waals surface area contributed by atoms with Crippen molar-refractivity contribution >= 4 is 0 Å². The molecule has 0 saturated heterocycles. The minimum atomic E-state index is -0.220. The quantitative estimate of drug-likeness (QED) is 0.594. The second kappa shape index (κ2) is 3.57. The van der Waals surface area contributed by atoms with Crippen LogP contribution in [0.2, 0.25) is 0 Å². The van der Waals surface area contributed by atoms with Crippen molar-refractivity contribution in [2.24, 2.45) is 5.73 Å². The summed E-state index contributed by atoms with van der Waals surface area (Å²) < 4.78 is 0. The van der Waals surface area contributed by atoms with Crippen molar-refractivity contribution in [2.75, 3.05) is 0 Å². The van der Waals surface area contributed by atoms with Gasteiger partial charge in [0.1, 0.15) is 0 Å². The lowest BCUT2D eigenvalue weighted by atomic mass is 9.87. The molecule has 0 rings (SSSR count). The van der Waals surface area contributed by atoms with Crippen LogP contribution in [0.15, 0.2) is 24.8 Å². The van der Waals surface area contributed by atoms with Crippen LogP contribution in [0, 0.1) is 0 Å². The third kappa shape index (κ3) is 1.99. The smallest absolute Gasteiger partial charge is 0.0395 e. The summed E-state index contributed by atoms with van der Waals surface area (Å²) >= 11 is 0. The lowest BCUT2D eigenvalue weighted by Gasteiger charge is -2.27. The standard InChI is InChI=1S/C9H17N/c1-5-7-9(10,6-2)8(3)4/h5H,1,3,6-7,10H2,2,4H3. The summed E-state index contributed by atoms with van der Waals surface area (Å²) in [6.07, 6.45) is 3.59. The summed E-state index contributed by atoms with van der Waals surface area (Å²) in [6.45, 7) is 11.5. The van der Waals surface area contributed by atoms with Gasteiger partial charge in [0, 0.05) is 5.54 Å². The molecule has 0 fully saturated rings. The van der Waals surface area contributed by atoms with E-state index in [2.05, 4.69) is 20.1 Å². The van der Waals surface area contributed by atoms with Crippen LogP contribution in [0.25, 0.3) is 0 Å². The van der Waals surface area contributed by atoms with Gasteiger partial charge in [0.25, 0.3) is 0 Å². The van der Waals surface area contributed by atoms with Crippen LogP contribution in [0.5, 0.6) is 0 Å². The van der Waals surface area contributed by atoms with Gasteiger partial charge in [0.2, 0.25) is 0 Å². The average Bonchev–Trinajstić information content (AvgIpc) is 1.88. The molecule has 0 radical (unpaired) electrons. The Morgan fingerprint density at radius 1 is 1.70 bits per heavy atom. The second-order valence-electron chi connectivity index (χ2n) is 2.78. The van der Waals surface area contributed by atoms with Crippen LogP contribution in [0.4, 0.5) is 0 Å². The summed E-state index contributed by atoms with van der Waals surface area (Å²) in [5.74, 6) is 0. The van der Waals surface area contributed by atoms with Crippen LogP contribution in [0.3, 0.4) is 0 Å². The van der Waals surface area contributed by atoms with Crippen LogP contribution in [-0.2, 0) is 0 Å². The number of nitrogens with two attached hydrogens (primary N) is 1. The Labute approximate surface area is 63.6 Å². The first kappa shape index (κ1) is 9.44. The van der Waals surface area contributed by atoms with Crippen molar-refractivity contribution in [1.82, 2.24) is 0 Å². The molecular weight excluding hydrogens is 122 g/mol. The molecule has 1 atom stereocenters. The molecule has 10 heavy (non-hydrogen) atoms. The van der Waals surface area contributed by atoms with E-state index < -0.39 is 0 Å². The highest BCUT2D eigenvalue weighted by Gasteiger charge is 2.20. The van der Waals surface area contributed by atoms with Gasteiger partial charge in [0.05, 0.1) is 0 Å². The van der Waals surface area contributed by atoms with E-state index in [1.165, 1.54) is 0 Å². The van der Waals surface area contributed by atoms with Gasteiger partial charge in [-0.05, 0) is 19.8 Å². The van der Waals surface area contributed by atoms with Crippen molar-refractivity contribution in [2.45, 2.75) is 32.2 Å². The molecular formula is C9H17N. The Bertz CT molecular complexity index is 138. The van der Waals surface area contributed by atoms with Gasteiger partial charge < -0.3 is 5.73 Å². The number of rotatable bonds is 4. The van der Waals surface area contributed by atoms with Crippen LogP contribution in [-0.4, -0.2) is 5.54 Å². The fraction of sp³-hybridized carbons (Fsp3) is 0.556. The minimum Gasteiger partial charge on any atom is -0.321 e. The van der Waals surface area contributed by atoms with E-state index in [1.54, 1.807) is 0 Å². The maximum Gasteiger partial charge on any atom is 0.0395 e. The van der Waals surface area contributed by atoms with Gasteiger partial charge in [-0.2, -0.15) is 0 Å². The molecule has 1 nitrogen and oxygen atoms in total. The fourth-order valence-corrected chi connectivity index (χ4v) is 0.878. The van der Waals surface area contributed by atoms with Crippen LogP contribution >= 0.6 is 0 Å². The van der Waals surface area contributed by atoms with Crippen LogP contribution in [0.1, 0.15) is 26.7 Å². The Morgan fingerprint density at radius 3 is 2.30 bits per heavy atom. The van der Waals surface area contributed by atoms with E-state index in [1.807, 2.05) is 13.0 Å². The molecule has 0 spiro atoms. The fourth-order valence-electron chi connectivity index (χ4n) is 0.878. The van der Waals surface area contributed by atoms with Gasteiger partial charge in [-0.25, -0.2) is 0 Å². The number of hydrogen-bond acceptors (Lipinski definition) is 1. The molecule has 58 valence electrons. The molecule has 0 heterocycles. The van der Waals surface area contributed by atoms with Gasteiger partial charge in [-0.1, -0.05) is 25.2 Å². The summed E-state index contributed by atoms with van der Waals surface area (Å²) in [5, 5.41) is 0. The third-order valence-corrected chi connectivity index (χ3v) is 1.99. The Hall–Kier alpha value is -0.560. The molecule has 1 unspecified atom stereocenters. The maximum absolute atomic E-state index is 5.98. The van der Waals surface area contributed by atoms with E-state index in [9.17, 15) is 0 Å². The first-order valence-corrected chi connectivity index (χ1v) is 3.62. The van der Waals surface area contributed by atoms with Crippen LogP contribution < -0.4 is 5.73 Å². The van der Waals surface area contributed by atoms with Crippen molar-refractivity contribution < 1.29 is 0 Å². The SMILES string of the molecule is C=CCC(N)(CC)C(=C)C. The summed E-state index contributed by atoms with van der Waals surface area (Å²) in [7, 11) is 0. The molecule has 1 heteroatoms. The topological polar surface area (TPSA) is 26.0 Å². The highest BCUT2D eigenvalue weighted by Crippen LogP contribution is 2.19. The maximum atomic E-state index is 5.98. The van der Waals surface area contributed by atoms with E-state index in [-0.39, 0.29) is 5.54 Å². The van der Waals surface area contributed by atoms with Crippen molar-refractivity contribution in [1.29, 1.82) is 0 Å². The predicted octanol–water partition coefficient (Wildman–Crippen LogP) is 2.25. The summed E-state index contributed by atoms with van der Waals surface area (Å²) in [5.41, 5.74) is 6.80. The summed E-state index contributed by atoms with van der Waals surface area (Å²) in [6, 6.07) is 0. The lowest BCUT2D eigenvalue weighted by molar-refractivity contribution is 0.488. The Balaban J connectivity index is 4.21. The first-order valence-electron chi connectivity index (χ1n) is 3.62. The number of hydrogen-bond donors (Lipinski definition) is 1. The summed E-state index contributed by atoms with van der Waals surface area (Å²) in [4.78, 5) is 0. The molecule has 0 aromatic carbocycles. The van der Waals surface area contributed by atoms with E-state index in [4.69, 9.17) is 5.73 Å². The highest BCUT2D eigenvalue weighted by molar-refractivity contribution is 5.14. The molecule has 0 aliphatic rings. The van der Waals surface area contributed by atoms with E-state index >= 15 is 0 Å². The van der Waals surface area contributed by atoms with E-state index in [0.29, 0.717) is 0 Å². The monoisotopic (exact) mass is 139 g/mol. The zero-order valence-electron chi connectivity index (χ0n) is 6.98. The Kier molecular flexibility index (Phi) is 3.37. The van der Waals surface area contributed by atoms with Gasteiger partial charge in [-0.15, -0.1) is 6.58 Å². The molecule has 0 aromatic heterocycles. The van der Waals surface area contributed by atoms with Crippen molar-refractivity contribution in [3.05, 3.63) is 24.8 Å². The van der Waals surface area contributed by atoms with E-state index in [0.717, 1.165) is 18.4 Å². The zero-order valence-corrected chi connectivity index (χ0v) is 6.98. The molecule has 0 bridgehead atoms. The zero-order chi connectivity index (χ0) is 8.20. The molecule has 2 N–H and O–H groups in total. The third-order valence-electron chi connectivity index (χ3n) is 1.99. The second-order valence-corrected chi connectivity index (χ2v) is 2.78. The Morgan fingerprint density at radius 2 is 2.20 bits per heavy atom. The van der Waals surface area contributed by atoms with Crippen molar-refractivity contribution in [3.8, 4) is 0 Å².